The number of nitrogens with one attached hydrogen (secondary N) is 1. The minimum absolute atomic E-state index is 0.443. The molecule has 1 atom stereocenters. The lowest BCUT2D eigenvalue weighted by Crippen LogP contribution is -2.37. The van der Waals surface area contributed by atoms with Gasteiger partial charge in [-0.1, -0.05) is 35.9 Å². The van der Waals surface area contributed by atoms with Crippen LogP contribution >= 0.6 is 11.6 Å². The number of aliphatic hydroxyl groups is 1. The number of nitrogens with zero attached hydrogens (tertiary/aromatic N) is 5. The highest BCUT2D eigenvalue weighted by Crippen LogP contribution is 2.26. The highest BCUT2D eigenvalue weighted by atomic mass is 35.5. The Balaban J connectivity index is 1.56. The molecule has 2 aromatic carbocycles. The second kappa shape index (κ2) is 9.69. The van der Waals surface area contributed by atoms with Crippen molar-refractivity contribution in [2.45, 2.75) is 12.5 Å². The van der Waals surface area contributed by atoms with Crippen LogP contribution in [0.1, 0.15) is 23.7 Å². The van der Waals surface area contributed by atoms with Gasteiger partial charge in [-0.25, -0.2) is 4.68 Å². The first kappa shape index (κ1) is 24.1. The number of aromatic nitrogens is 3. The van der Waals surface area contributed by atoms with Crippen molar-refractivity contribution in [3.05, 3.63) is 95.0 Å². The van der Waals surface area contributed by atoms with Crippen molar-refractivity contribution in [2.24, 2.45) is 17.1 Å². The number of amides is 1. The molecule has 4 aromatic rings. The third-order valence-electron chi connectivity index (χ3n) is 5.72. The predicted molar refractivity (Wildman–Crippen MR) is 139 cm³/mol. The first-order valence-electron chi connectivity index (χ1n) is 10.8. The summed E-state index contributed by atoms with van der Waals surface area (Å²) >= 11 is 5.91. The van der Waals surface area contributed by atoms with Crippen LogP contribution in [0, 0.1) is 0 Å². The number of rotatable bonds is 7. The van der Waals surface area contributed by atoms with Gasteiger partial charge in [0.15, 0.2) is 5.60 Å². The second-order valence-electron chi connectivity index (χ2n) is 8.19. The van der Waals surface area contributed by atoms with E-state index in [0.717, 1.165) is 22.4 Å². The minimum atomic E-state index is -1.72. The lowest BCUT2D eigenvalue weighted by atomic mass is 9.95. The van der Waals surface area contributed by atoms with Gasteiger partial charge in [0.2, 0.25) is 0 Å². The van der Waals surface area contributed by atoms with Crippen LogP contribution in [0.3, 0.4) is 0 Å². The van der Waals surface area contributed by atoms with Crippen molar-refractivity contribution in [2.75, 3.05) is 12.4 Å². The van der Waals surface area contributed by atoms with Crippen molar-refractivity contribution in [1.82, 2.24) is 14.5 Å². The molecule has 0 fully saturated rings. The van der Waals surface area contributed by atoms with E-state index < -0.39 is 11.5 Å². The number of hydrogen-bond acceptors (Lipinski definition) is 5. The molecule has 9 heteroatoms. The zero-order valence-corrected chi connectivity index (χ0v) is 20.4. The fraction of sp³-hybridized carbons (Fsp3) is 0.154. The number of carbonyl (C=O) groups excluding carboxylic acids is 1. The molecular weight excluding hydrogens is 464 g/mol. The van der Waals surface area contributed by atoms with E-state index >= 15 is 0 Å². The standard InChI is InChI=1S/C26H25ClN6O2/c1-26(35,20-7-9-21(27)10-8-20)25(34)31-22-11-5-17(6-12-22)24(28-2)23-13-18(16-33(23)29-3)19-14-30-32(4)15-19/h5-16,35H,3H2,1-2,4H3,(H,31,34). The molecule has 0 saturated carbocycles. The van der Waals surface area contributed by atoms with Crippen LogP contribution in [0.25, 0.3) is 11.1 Å². The molecule has 0 saturated heterocycles. The molecule has 8 nitrogen and oxygen atoms in total. The monoisotopic (exact) mass is 488 g/mol. The van der Waals surface area contributed by atoms with E-state index in [9.17, 15) is 9.90 Å². The number of carbonyl (C=O) groups is 1. The molecular formula is C26H25ClN6O2. The van der Waals surface area contributed by atoms with Crippen molar-refractivity contribution in [1.29, 1.82) is 0 Å². The first-order valence-corrected chi connectivity index (χ1v) is 11.2. The molecule has 0 aliphatic carbocycles. The highest BCUT2D eigenvalue weighted by Gasteiger charge is 2.32. The normalized spacial score (nSPS) is 13.3. The molecule has 0 spiro atoms. The van der Waals surface area contributed by atoms with Crippen LogP contribution in [0.15, 0.2) is 83.3 Å². The van der Waals surface area contributed by atoms with Gasteiger partial charge < -0.3 is 10.4 Å². The largest absolute Gasteiger partial charge is 0.376 e. The van der Waals surface area contributed by atoms with Crippen LogP contribution in [-0.2, 0) is 17.4 Å². The van der Waals surface area contributed by atoms with E-state index in [-0.39, 0.29) is 0 Å². The highest BCUT2D eigenvalue weighted by molar-refractivity contribution is 6.30. The van der Waals surface area contributed by atoms with E-state index in [2.05, 4.69) is 27.2 Å². The Morgan fingerprint density at radius 3 is 2.37 bits per heavy atom. The van der Waals surface area contributed by atoms with Gasteiger partial charge in [0.05, 0.1) is 17.6 Å². The molecule has 2 heterocycles. The van der Waals surface area contributed by atoms with Crippen LogP contribution in [0.2, 0.25) is 5.02 Å². The minimum Gasteiger partial charge on any atom is -0.376 e. The van der Waals surface area contributed by atoms with Crippen LogP contribution in [0.5, 0.6) is 0 Å². The van der Waals surface area contributed by atoms with Crippen LogP contribution in [-0.4, -0.2) is 44.9 Å². The Morgan fingerprint density at radius 2 is 1.80 bits per heavy atom. The smallest absolute Gasteiger partial charge is 0.260 e. The topological polar surface area (TPSA) is 96.8 Å². The van der Waals surface area contributed by atoms with Gasteiger partial charge in [0.1, 0.15) is 0 Å². The maximum atomic E-state index is 12.8. The molecule has 0 aliphatic rings. The van der Waals surface area contributed by atoms with Gasteiger partial charge in [-0.05, 0) is 42.8 Å². The summed E-state index contributed by atoms with van der Waals surface area (Å²) < 4.78 is 3.41. The summed E-state index contributed by atoms with van der Waals surface area (Å²) in [6.07, 6.45) is 5.58. The molecule has 0 bridgehead atoms. The predicted octanol–water partition coefficient (Wildman–Crippen LogP) is 4.32. The Bertz CT molecular complexity index is 1400. The van der Waals surface area contributed by atoms with Gasteiger partial charge in [0, 0.05) is 60.6 Å². The fourth-order valence-electron chi connectivity index (χ4n) is 3.74. The number of benzene rings is 2. The number of anilines is 1. The van der Waals surface area contributed by atoms with Gasteiger partial charge in [-0.3, -0.25) is 14.5 Å². The summed E-state index contributed by atoms with van der Waals surface area (Å²) in [6.45, 7) is 5.11. The number of aliphatic imine (C=N–C) groups is 1. The first-order chi connectivity index (χ1) is 16.7. The Morgan fingerprint density at radius 1 is 1.11 bits per heavy atom. The molecule has 178 valence electrons. The van der Waals surface area contributed by atoms with Gasteiger partial charge in [-0.15, -0.1) is 0 Å². The molecule has 2 N–H and O–H groups in total. The fourth-order valence-corrected chi connectivity index (χ4v) is 3.86. The summed E-state index contributed by atoms with van der Waals surface area (Å²) in [7, 11) is 3.57. The van der Waals surface area contributed by atoms with Crippen molar-refractivity contribution < 1.29 is 9.90 Å². The van der Waals surface area contributed by atoms with Crippen molar-refractivity contribution >= 4 is 35.6 Å². The summed E-state index contributed by atoms with van der Waals surface area (Å²) in [5.74, 6) is -0.553. The summed E-state index contributed by atoms with van der Waals surface area (Å²) in [5, 5.41) is 22.4. The quantitative estimate of drug-likeness (QED) is 0.379. The van der Waals surface area contributed by atoms with E-state index in [1.165, 1.54) is 6.92 Å². The number of halogens is 1. The van der Waals surface area contributed by atoms with Gasteiger partial charge in [-0.2, -0.15) is 10.2 Å². The maximum absolute atomic E-state index is 12.8. The lowest BCUT2D eigenvalue weighted by Gasteiger charge is -2.23. The maximum Gasteiger partial charge on any atom is 0.260 e. The van der Waals surface area contributed by atoms with Gasteiger partial charge >= 0.3 is 0 Å². The summed E-state index contributed by atoms with van der Waals surface area (Å²) in [6, 6.07) is 15.7. The van der Waals surface area contributed by atoms with Crippen LogP contribution in [0.4, 0.5) is 5.69 Å². The lowest BCUT2D eigenvalue weighted by molar-refractivity contribution is -0.133. The average Bonchev–Trinajstić information content (AvgIpc) is 3.47. The van der Waals surface area contributed by atoms with E-state index in [0.29, 0.717) is 22.0 Å². The SMILES string of the molecule is C=Nn1cc(-c2cnn(C)c2)cc1C(=NC)c1ccc(NC(=O)C(C)(O)c2ccc(Cl)cc2)cc1. The van der Waals surface area contributed by atoms with E-state index in [1.807, 2.05) is 37.6 Å². The third-order valence-corrected chi connectivity index (χ3v) is 5.97. The zero-order chi connectivity index (χ0) is 25.2. The summed E-state index contributed by atoms with van der Waals surface area (Å²) in [5.41, 5.74) is 3.46. The van der Waals surface area contributed by atoms with E-state index in [1.54, 1.807) is 59.0 Å². The van der Waals surface area contributed by atoms with Crippen molar-refractivity contribution in [3.8, 4) is 11.1 Å². The molecule has 1 amide bonds. The Hall–Kier alpha value is -4.01. The van der Waals surface area contributed by atoms with Crippen molar-refractivity contribution in [3.63, 3.8) is 0 Å². The van der Waals surface area contributed by atoms with E-state index in [4.69, 9.17) is 11.6 Å². The molecule has 0 aliphatic heterocycles. The van der Waals surface area contributed by atoms with Gasteiger partial charge in [0.25, 0.3) is 5.91 Å². The zero-order valence-electron chi connectivity index (χ0n) is 19.6. The van der Waals surface area contributed by atoms with Crippen LogP contribution < -0.4 is 5.32 Å². The molecule has 2 aromatic heterocycles. The Labute approximate surface area is 208 Å². The Kier molecular flexibility index (Phi) is 6.68. The number of hydrogen-bond donors (Lipinski definition) is 2. The molecule has 4 rings (SSSR count). The summed E-state index contributed by atoms with van der Waals surface area (Å²) in [4.78, 5) is 17.3. The second-order valence-corrected chi connectivity index (χ2v) is 8.62. The third kappa shape index (κ3) is 4.94. The molecule has 1 unspecified atom stereocenters. The molecule has 35 heavy (non-hydrogen) atoms. The molecule has 0 radical (unpaired) electrons. The number of aryl methyl sites for hydroxylation is 1. The average molecular weight is 489 g/mol.